The smallest absolute Gasteiger partial charge is 0.308 e. The van der Waals surface area contributed by atoms with Crippen LogP contribution < -0.4 is 0 Å². The van der Waals surface area contributed by atoms with E-state index in [1.54, 1.807) is 6.92 Å². The number of carbonyl (C=O) groups is 1. The minimum atomic E-state index is -0.371. The topological polar surface area (TPSA) is 46.5 Å². The van der Waals surface area contributed by atoms with Gasteiger partial charge in [-0.05, 0) is 12.8 Å². The molecule has 0 rings (SSSR count). The highest BCUT2D eigenvalue weighted by molar-refractivity contribution is 5.71. The summed E-state index contributed by atoms with van der Waals surface area (Å²) < 4.78 is 4.54. The summed E-state index contributed by atoms with van der Waals surface area (Å²) >= 11 is 0. The van der Waals surface area contributed by atoms with E-state index >= 15 is 0 Å². The molecular formula is C9H18O3. The molecular weight excluding hydrogens is 156 g/mol. The molecule has 72 valence electrons. The number of rotatable bonds is 5. The molecule has 3 nitrogen and oxygen atoms in total. The van der Waals surface area contributed by atoms with Crippen LogP contribution in [0.25, 0.3) is 0 Å². The lowest BCUT2D eigenvalue weighted by Crippen LogP contribution is -2.19. The van der Waals surface area contributed by atoms with Crippen LogP contribution in [0.4, 0.5) is 0 Å². The average Bonchev–Trinajstić information content (AvgIpc) is 2.03. The molecule has 0 aromatic heterocycles. The molecule has 2 unspecified atom stereocenters. The van der Waals surface area contributed by atoms with Crippen molar-refractivity contribution in [2.45, 2.75) is 39.2 Å². The highest BCUT2D eigenvalue weighted by atomic mass is 16.5. The van der Waals surface area contributed by atoms with E-state index in [4.69, 9.17) is 0 Å². The number of hydrogen-bond donors (Lipinski definition) is 1. The highest BCUT2D eigenvalue weighted by Crippen LogP contribution is 2.11. The predicted molar refractivity (Wildman–Crippen MR) is 46.7 cm³/mol. The second-order valence-corrected chi connectivity index (χ2v) is 3.10. The van der Waals surface area contributed by atoms with Crippen molar-refractivity contribution < 1.29 is 14.6 Å². The summed E-state index contributed by atoms with van der Waals surface area (Å²) in [6.45, 7) is 3.77. The quantitative estimate of drug-likeness (QED) is 0.640. The van der Waals surface area contributed by atoms with E-state index in [1.165, 1.54) is 7.11 Å². The Hall–Kier alpha value is -0.570. The summed E-state index contributed by atoms with van der Waals surface area (Å²) in [6.07, 6.45) is 1.82. The van der Waals surface area contributed by atoms with Crippen molar-refractivity contribution in [2.24, 2.45) is 5.92 Å². The van der Waals surface area contributed by atoms with E-state index in [0.717, 1.165) is 12.8 Å². The second kappa shape index (κ2) is 6.00. The lowest BCUT2D eigenvalue weighted by Gasteiger charge is -2.13. The van der Waals surface area contributed by atoms with Crippen LogP contribution in [0.5, 0.6) is 0 Å². The van der Waals surface area contributed by atoms with Gasteiger partial charge in [-0.2, -0.15) is 0 Å². The maximum absolute atomic E-state index is 10.9. The minimum Gasteiger partial charge on any atom is -0.469 e. The first-order valence-corrected chi connectivity index (χ1v) is 4.37. The average molecular weight is 174 g/mol. The van der Waals surface area contributed by atoms with Gasteiger partial charge < -0.3 is 9.84 Å². The maximum Gasteiger partial charge on any atom is 0.308 e. The van der Waals surface area contributed by atoms with Crippen molar-refractivity contribution in [1.82, 2.24) is 0 Å². The molecule has 3 heteroatoms. The zero-order chi connectivity index (χ0) is 9.56. The van der Waals surface area contributed by atoms with Crippen LogP contribution in [-0.4, -0.2) is 24.3 Å². The molecule has 0 fully saturated rings. The summed E-state index contributed by atoms with van der Waals surface area (Å²) in [5.74, 6) is -0.443. The van der Waals surface area contributed by atoms with Crippen molar-refractivity contribution in [3.8, 4) is 0 Å². The molecule has 0 aromatic rings. The van der Waals surface area contributed by atoms with Gasteiger partial charge in [0.05, 0.1) is 19.1 Å². The third-order valence-electron chi connectivity index (χ3n) is 1.85. The largest absolute Gasteiger partial charge is 0.469 e. The zero-order valence-electron chi connectivity index (χ0n) is 8.04. The lowest BCUT2D eigenvalue weighted by atomic mass is 10.0. The molecule has 0 aromatic carbocycles. The minimum absolute atomic E-state index is 0.198. The maximum atomic E-state index is 10.9. The van der Waals surface area contributed by atoms with E-state index in [0.29, 0.717) is 6.42 Å². The number of hydrogen-bond acceptors (Lipinski definition) is 3. The Morgan fingerprint density at radius 3 is 2.58 bits per heavy atom. The van der Waals surface area contributed by atoms with E-state index < -0.39 is 0 Å². The fourth-order valence-electron chi connectivity index (χ4n) is 1.16. The lowest BCUT2D eigenvalue weighted by molar-refractivity contribution is -0.145. The normalized spacial score (nSPS) is 15.3. The number of esters is 1. The summed E-state index contributed by atoms with van der Waals surface area (Å²) in [7, 11) is 1.37. The summed E-state index contributed by atoms with van der Waals surface area (Å²) in [5, 5.41) is 9.36. The van der Waals surface area contributed by atoms with Crippen LogP contribution in [0.3, 0.4) is 0 Å². The van der Waals surface area contributed by atoms with Crippen LogP contribution in [0.15, 0.2) is 0 Å². The van der Waals surface area contributed by atoms with Crippen LogP contribution in [0.1, 0.15) is 33.1 Å². The van der Waals surface area contributed by atoms with Gasteiger partial charge >= 0.3 is 5.97 Å². The van der Waals surface area contributed by atoms with Gasteiger partial charge in [-0.1, -0.05) is 20.3 Å². The van der Waals surface area contributed by atoms with E-state index in [9.17, 15) is 9.90 Å². The zero-order valence-corrected chi connectivity index (χ0v) is 8.04. The van der Waals surface area contributed by atoms with E-state index in [-0.39, 0.29) is 18.0 Å². The standard InChI is InChI=1S/C9H18O3/c1-4-5-8(10)6-7(2)9(11)12-3/h7-8,10H,4-6H2,1-3H3. The number of methoxy groups -OCH3 is 1. The van der Waals surface area contributed by atoms with Crippen molar-refractivity contribution >= 4 is 5.97 Å². The van der Waals surface area contributed by atoms with Gasteiger partial charge in [0.2, 0.25) is 0 Å². The fourth-order valence-corrected chi connectivity index (χ4v) is 1.16. The molecule has 0 heterocycles. The highest BCUT2D eigenvalue weighted by Gasteiger charge is 2.16. The van der Waals surface area contributed by atoms with Crippen molar-refractivity contribution in [2.75, 3.05) is 7.11 Å². The monoisotopic (exact) mass is 174 g/mol. The molecule has 12 heavy (non-hydrogen) atoms. The van der Waals surface area contributed by atoms with Crippen LogP contribution in [0, 0.1) is 5.92 Å². The molecule has 0 bridgehead atoms. The number of aliphatic hydroxyl groups excluding tert-OH is 1. The van der Waals surface area contributed by atoms with Crippen LogP contribution in [0.2, 0.25) is 0 Å². The molecule has 0 radical (unpaired) electrons. The van der Waals surface area contributed by atoms with Gasteiger partial charge in [-0.25, -0.2) is 0 Å². The van der Waals surface area contributed by atoms with Gasteiger partial charge in [0.15, 0.2) is 0 Å². The predicted octanol–water partition coefficient (Wildman–Crippen LogP) is 1.35. The summed E-state index contributed by atoms with van der Waals surface area (Å²) in [4.78, 5) is 10.9. The summed E-state index contributed by atoms with van der Waals surface area (Å²) in [6, 6.07) is 0. The van der Waals surface area contributed by atoms with Crippen LogP contribution >= 0.6 is 0 Å². The van der Waals surface area contributed by atoms with Crippen molar-refractivity contribution in [3.63, 3.8) is 0 Å². The van der Waals surface area contributed by atoms with Crippen molar-refractivity contribution in [1.29, 1.82) is 0 Å². The number of carbonyl (C=O) groups excluding carboxylic acids is 1. The Kier molecular flexibility index (Phi) is 5.72. The first-order chi connectivity index (χ1) is 5.61. The fraction of sp³-hybridized carbons (Fsp3) is 0.889. The first kappa shape index (κ1) is 11.4. The van der Waals surface area contributed by atoms with E-state index in [1.807, 2.05) is 6.92 Å². The SMILES string of the molecule is CCCC(O)CC(C)C(=O)OC. The Bertz CT molecular complexity index is 134. The Morgan fingerprint density at radius 2 is 2.17 bits per heavy atom. The Balaban J connectivity index is 3.67. The molecule has 0 saturated heterocycles. The number of aliphatic hydroxyl groups is 1. The number of ether oxygens (including phenoxy) is 1. The van der Waals surface area contributed by atoms with Crippen molar-refractivity contribution in [3.05, 3.63) is 0 Å². The third kappa shape index (κ3) is 4.34. The molecule has 0 saturated carbocycles. The van der Waals surface area contributed by atoms with Gasteiger partial charge in [0, 0.05) is 0 Å². The Morgan fingerprint density at radius 1 is 1.58 bits per heavy atom. The summed E-state index contributed by atoms with van der Waals surface area (Å²) in [5.41, 5.74) is 0. The third-order valence-corrected chi connectivity index (χ3v) is 1.85. The second-order valence-electron chi connectivity index (χ2n) is 3.10. The van der Waals surface area contributed by atoms with Gasteiger partial charge in [0.1, 0.15) is 0 Å². The molecule has 0 aliphatic rings. The molecule has 0 amide bonds. The Labute approximate surface area is 73.7 Å². The van der Waals surface area contributed by atoms with Gasteiger partial charge in [-0.3, -0.25) is 4.79 Å². The molecule has 0 aliphatic carbocycles. The molecule has 2 atom stereocenters. The van der Waals surface area contributed by atoms with E-state index in [2.05, 4.69) is 4.74 Å². The van der Waals surface area contributed by atoms with Crippen LogP contribution in [-0.2, 0) is 9.53 Å². The molecule has 1 N–H and O–H groups in total. The molecule has 0 spiro atoms. The van der Waals surface area contributed by atoms with Gasteiger partial charge in [-0.15, -0.1) is 0 Å². The molecule has 0 aliphatic heterocycles. The van der Waals surface area contributed by atoms with Gasteiger partial charge in [0.25, 0.3) is 0 Å². The first-order valence-electron chi connectivity index (χ1n) is 4.37.